The molecule has 0 fully saturated rings. The molecular formula is C25H20ClN3O4. The molecule has 0 heterocycles. The van der Waals surface area contributed by atoms with E-state index in [0.717, 1.165) is 5.56 Å². The van der Waals surface area contributed by atoms with Gasteiger partial charge in [-0.3, -0.25) is 9.59 Å². The molecule has 0 aliphatic carbocycles. The molecule has 0 radical (unpaired) electrons. The van der Waals surface area contributed by atoms with Crippen LogP contribution in [0.1, 0.15) is 21.5 Å². The van der Waals surface area contributed by atoms with E-state index in [1.165, 1.54) is 12.3 Å². The molecule has 0 atom stereocenters. The van der Waals surface area contributed by atoms with Gasteiger partial charge in [0.15, 0.2) is 0 Å². The molecule has 0 aromatic heterocycles. The molecule has 3 aromatic rings. The maximum atomic E-state index is 12.0. The largest absolute Gasteiger partial charge is 0.423 e. The monoisotopic (exact) mass is 461 g/mol. The summed E-state index contributed by atoms with van der Waals surface area (Å²) in [5, 5.41) is 6.61. The maximum Gasteiger partial charge on any atom is 0.336 e. The third-order valence-corrected chi connectivity index (χ3v) is 4.57. The number of nitrogens with zero attached hydrogens (tertiary/aromatic N) is 1. The predicted molar refractivity (Wildman–Crippen MR) is 127 cm³/mol. The first kappa shape index (κ1) is 23.4. The number of hydrogen-bond donors (Lipinski definition) is 2. The lowest BCUT2D eigenvalue weighted by molar-refractivity contribution is -0.129. The first-order chi connectivity index (χ1) is 16.0. The molecule has 0 saturated heterocycles. The van der Waals surface area contributed by atoms with Crippen molar-refractivity contribution in [3.8, 4) is 5.75 Å². The van der Waals surface area contributed by atoms with Gasteiger partial charge in [0.25, 0.3) is 11.8 Å². The minimum atomic E-state index is -0.498. The lowest BCUT2D eigenvalue weighted by Gasteiger charge is -2.05. The fourth-order valence-corrected chi connectivity index (χ4v) is 2.84. The topological polar surface area (TPSA) is 96.9 Å². The van der Waals surface area contributed by atoms with Crippen molar-refractivity contribution >= 4 is 41.7 Å². The Morgan fingerprint density at radius 3 is 2.30 bits per heavy atom. The van der Waals surface area contributed by atoms with Gasteiger partial charge < -0.3 is 10.1 Å². The highest BCUT2D eigenvalue weighted by atomic mass is 35.5. The standard InChI is InChI=1S/C25H20ClN3O4/c26-22-9-5-4-8-21(22)25(32)27-17-23(30)29-28-16-19-10-13-20(14-11-19)33-24(31)15-12-18-6-2-1-3-7-18/h1-16H,17H2,(H,27,32)(H,29,30)/b15-12+,28-16+. The molecule has 0 aliphatic heterocycles. The summed E-state index contributed by atoms with van der Waals surface area (Å²) in [6, 6.07) is 22.5. The van der Waals surface area contributed by atoms with Gasteiger partial charge in [0.1, 0.15) is 5.75 Å². The number of hydrogen-bond acceptors (Lipinski definition) is 5. The molecule has 2 amide bonds. The van der Waals surface area contributed by atoms with E-state index in [0.29, 0.717) is 16.3 Å². The van der Waals surface area contributed by atoms with Gasteiger partial charge in [-0.05, 0) is 53.6 Å². The zero-order chi connectivity index (χ0) is 23.5. The van der Waals surface area contributed by atoms with Crippen molar-refractivity contribution in [3.05, 3.63) is 107 Å². The van der Waals surface area contributed by atoms with Crippen LogP contribution in [0.15, 0.2) is 90.0 Å². The number of benzene rings is 3. The number of carbonyl (C=O) groups is 3. The summed E-state index contributed by atoms with van der Waals surface area (Å²) in [6.45, 7) is -0.257. The van der Waals surface area contributed by atoms with Crippen molar-refractivity contribution in [1.82, 2.24) is 10.7 Å². The highest BCUT2D eigenvalue weighted by Crippen LogP contribution is 2.14. The van der Waals surface area contributed by atoms with Crippen molar-refractivity contribution < 1.29 is 19.1 Å². The summed E-state index contributed by atoms with van der Waals surface area (Å²) in [5.74, 6) is -1.07. The lowest BCUT2D eigenvalue weighted by Crippen LogP contribution is -2.35. The van der Waals surface area contributed by atoms with Crippen LogP contribution in [0.2, 0.25) is 5.02 Å². The van der Waals surface area contributed by atoms with Crippen LogP contribution in [0.5, 0.6) is 5.75 Å². The Bertz CT molecular complexity index is 1180. The van der Waals surface area contributed by atoms with E-state index in [1.807, 2.05) is 30.3 Å². The predicted octanol–water partition coefficient (Wildman–Crippen LogP) is 3.84. The third kappa shape index (κ3) is 7.75. The van der Waals surface area contributed by atoms with Gasteiger partial charge >= 0.3 is 5.97 Å². The molecule has 3 rings (SSSR count). The fourth-order valence-electron chi connectivity index (χ4n) is 2.62. The first-order valence-electron chi connectivity index (χ1n) is 9.91. The number of hydrazone groups is 1. The smallest absolute Gasteiger partial charge is 0.336 e. The molecule has 166 valence electrons. The van der Waals surface area contributed by atoms with Gasteiger partial charge in [-0.25, -0.2) is 10.2 Å². The van der Waals surface area contributed by atoms with Gasteiger partial charge in [0.05, 0.1) is 23.3 Å². The van der Waals surface area contributed by atoms with Crippen LogP contribution in [0, 0.1) is 0 Å². The normalized spacial score (nSPS) is 10.8. The summed E-state index contributed by atoms with van der Waals surface area (Å²) in [5.41, 5.74) is 4.17. The summed E-state index contributed by atoms with van der Waals surface area (Å²) in [6.07, 6.45) is 4.45. The highest BCUT2D eigenvalue weighted by Gasteiger charge is 2.10. The van der Waals surface area contributed by atoms with Crippen molar-refractivity contribution in [2.75, 3.05) is 6.54 Å². The number of rotatable bonds is 8. The van der Waals surface area contributed by atoms with E-state index in [-0.39, 0.29) is 12.1 Å². The van der Waals surface area contributed by atoms with Gasteiger partial charge in [-0.15, -0.1) is 0 Å². The minimum Gasteiger partial charge on any atom is -0.423 e. The molecule has 33 heavy (non-hydrogen) atoms. The molecule has 0 unspecified atom stereocenters. The third-order valence-electron chi connectivity index (χ3n) is 4.24. The molecule has 3 aromatic carbocycles. The van der Waals surface area contributed by atoms with Crippen LogP contribution < -0.4 is 15.5 Å². The Labute approximate surface area is 195 Å². The summed E-state index contributed by atoms with van der Waals surface area (Å²) in [7, 11) is 0. The second kappa shape index (κ2) is 12.0. The second-order valence-electron chi connectivity index (χ2n) is 6.69. The lowest BCUT2D eigenvalue weighted by atomic mass is 10.2. The SMILES string of the molecule is O=C(CNC(=O)c1ccccc1Cl)N/N=C/c1ccc(OC(=O)/C=C/c2ccccc2)cc1. The average molecular weight is 462 g/mol. The van der Waals surface area contributed by atoms with Gasteiger partial charge in [-0.1, -0.05) is 54.1 Å². The summed E-state index contributed by atoms with van der Waals surface area (Å²) in [4.78, 5) is 35.8. The Morgan fingerprint density at radius 1 is 0.879 bits per heavy atom. The number of amides is 2. The van der Waals surface area contributed by atoms with Crippen LogP contribution >= 0.6 is 11.6 Å². The maximum absolute atomic E-state index is 12.0. The Hall–Kier alpha value is -4.23. The molecule has 0 spiro atoms. The highest BCUT2D eigenvalue weighted by molar-refractivity contribution is 6.33. The second-order valence-corrected chi connectivity index (χ2v) is 7.10. The molecule has 0 saturated carbocycles. The van der Waals surface area contributed by atoms with E-state index < -0.39 is 17.8 Å². The van der Waals surface area contributed by atoms with E-state index >= 15 is 0 Å². The number of halogens is 1. The molecule has 2 N–H and O–H groups in total. The number of nitrogens with one attached hydrogen (secondary N) is 2. The van der Waals surface area contributed by atoms with E-state index in [9.17, 15) is 14.4 Å². The van der Waals surface area contributed by atoms with Crippen LogP contribution in [0.25, 0.3) is 6.08 Å². The Balaban J connectivity index is 1.42. The van der Waals surface area contributed by atoms with Crippen LogP contribution in [-0.2, 0) is 9.59 Å². The molecule has 0 aliphatic rings. The Kier molecular flexibility index (Phi) is 8.50. The molecule has 7 nitrogen and oxygen atoms in total. The van der Waals surface area contributed by atoms with Crippen molar-refractivity contribution in [1.29, 1.82) is 0 Å². The quantitative estimate of drug-likeness (QED) is 0.175. The van der Waals surface area contributed by atoms with Gasteiger partial charge in [0, 0.05) is 6.08 Å². The molecule has 0 bridgehead atoms. The summed E-state index contributed by atoms with van der Waals surface area (Å²) < 4.78 is 5.24. The Morgan fingerprint density at radius 2 is 1.58 bits per heavy atom. The minimum absolute atomic E-state index is 0.257. The van der Waals surface area contributed by atoms with E-state index in [2.05, 4.69) is 15.8 Å². The van der Waals surface area contributed by atoms with Crippen LogP contribution in [0.4, 0.5) is 0 Å². The molecular weight excluding hydrogens is 442 g/mol. The van der Waals surface area contributed by atoms with Crippen molar-refractivity contribution in [3.63, 3.8) is 0 Å². The average Bonchev–Trinajstić information content (AvgIpc) is 2.83. The number of ether oxygens (including phenoxy) is 1. The number of esters is 1. The van der Waals surface area contributed by atoms with Crippen molar-refractivity contribution in [2.24, 2.45) is 5.10 Å². The van der Waals surface area contributed by atoms with Crippen LogP contribution in [0.3, 0.4) is 0 Å². The fraction of sp³-hybridized carbons (Fsp3) is 0.0400. The van der Waals surface area contributed by atoms with E-state index in [4.69, 9.17) is 16.3 Å². The van der Waals surface area contributed by atoms with Gasteiger partial charge in [0.2, 0.25) is 0 Å². The van der Waals surface area contributed by atoms with Crippen LogP contribution in [-0.4, -0.2) is 30.5 Å². The number of carbonyl (C=O) groups excluding carboxylic acids is 3. The first-order valence-corrected chi connectivity index (χ1v) is 10.3. The summed E-state index contributed by atoms with van der Waals surface area (Å²) >= 11 is 5.95. The van der Waals surface area contributed by atoms with E-state index in [1.54, 1.807) is 54.6 Å². The van der Waals surface area contributed by atoms with Gasteiger partial charge in [-0.2, -0.15) is 5.10 Å². The van der Waals surface area contributed by atoms with Crippen molar-refractivity contribution in [2.45, 2.75) is 0 Å². The zero-order valence-electron chi connectivity index (χ0n) is 17.4. The molecule has 8 heteroatoms. The zero-order valence-corrected chi connectivity index (χ0v) is 18.2.